The number of aromatic nitrogens is 2. The number of nitrogens with zero attached hydrogens (tertiary/aromatic N) is 3. The number of halogens is 2. The Morgan fingerprint density at radius 3 is 2.81 bits per heavy atom. The first kappa shape index (κ1) is 20.5. The summed E-state index contributed by atoms with van der Waals surface area (Å²) in [5.41, 5.74) is 8.00. The molecule has 1 aliphatic heterocycles. The number of benzene rings is 1. The third kappa shape index (κ3) is 5.38. The molecule has 0 aliphatic carbocycles. The van der Waals surface area contributed by atoms with Crippen LogP contribution in [-0.4, -0.2) is 29.6 Å². The molecule has 27 heavy (non-hydrogen) atoms. The molecular weight excluding hydrogens is 399 g/mol. The van der Waals surface area contributed by atoms with E-state index in [1.165, 1.54) is 23.8 Å². The molecule has 0 radical (unpaired) electrons. The van der Waals surface area contributed by atoms with Crippen LogP contribution in [0, 0.1) is 6.92 Å². The Bertz CT molecular complexity index is 826. The minimum atomic E-state index is 0.547. The van der Waals surface area contributed by atoms with E-state index in [0.717, 1.165) is 60.3 Å². The quantitative estimate of drug-likeness (QED) is 0.470. The van der Waals surface area contributed by atoms with Crippen LogP contribution in [0.4, 0.5) is 5.82 Å². The average Bonchev–Trinajstić information content (AvgIpc) is 2.68. The number of nitrogens with two attached hydrogens (primary N) is 1. The van der Waals surface area contributed by atoms with Gasteiger partial charge in [-0.05, 0) is 51.3 Å². The first-order valence-electron chi connectivity index (χ1n) is 9.17. The van der Waals surface area contributed by atoms with Crippen molar-refractivity contribution in [2.75, 3.05) is 24.5 Å². The summed E-state index contributed by atoms with van der Waals surface area (Å²) in [5, 5.41) is 1.95. The van der Waals surface area contributed by atoms with Gasteiger partial charge in [0.25, 0.3) is 0 Å². The third-order valence-electron chi connectivity index (χ3n) is 4.59. The number of anilines is 1. The molecule has 0 atom stereocenters. The summed E-state index contributed by atoms with van der Waals surface area (Å²) >= 11 is 13.9. The highest BCUT2D eigenvalue weighted by atomic mass is 35.5. The lowest BCUT2D eigenvalue weighted by atomic mass is 10.0. The van der Waals surface area contributed by atoms with E-state index in [1.807, 2.05) is 25.3 Å². The molecule has 1 aliphatic rings. The van der Waals surface area contributed by atoms with Crippen molar-refractivity contribution in [3.05, 3.63) is 51.8 Å². The summed E-state index contributed by atoms with van der Waals surface area (Å²) in [5.74, 6) is 0.922. The van der Waals surface area contributed by atoms with Gasteiger partial charge in [-0.3, -0.25) is 0 Å². The predicted molar refractivity (Wildman–Crippen MR) is 115 cm³/mol. The number of rotatable bonds is 7. The normalized spacial score (nSPS) is 14.4. The summed E-state index contributed by atoms with van der Waals surface area (Å²) in [6.07, 6.45) is 8.69. The van der Waals surface area contributed by atoms with E-state index in [2.05, 4.69) is 16.0 Å². The van der Waals surface area contributed by atoms with Gasteiger partial charge < -0.3 is 10.6 Å². The smallest absolute Gasteiger partial charge is 0.147 e. The fourth-order valence-electron chi connectivity index (χ4n) is 3.02. The van der Waals surface area contributed by atoms with Gasteiger partial charge in [-0.15, -0.1) is 0 Å². The highest BCUT2D eigenvalue weighted by Gasteiger charge is 2.16. The second kappa shape index (κ2) is 9.78. The molecule has 0 saturated heterocycles. The number of aryl methyl sites for hydroxylation is 1. The molecule has 0 bridgehead atoms. The Hall–Kier alpha value is -1.27. The summed E-state index contributed by atoms with van der Waals surface area (Å²) in [4.78, 5) is 12.5. The van der Waals surface area contributed by atoms with Crippen LogP contribution >= 0.6 is 35.0 Å². The number of unbranched alkanes of at least 4 members (excludes halogenated alkanes) is 1. The minimum absolute atomic E-state index is 0.547. The lowest BCUT2D eigenvalue weighted by Gasteiger charge is -2.27. The number of hydrogen-bond donors (Lipinski definition) is 1. The molecular formula is C20H24Cl2N4S. The van der Waals surface area contributed by atoms with Crippen LogP contribution in [0.25, 0.3) is 0 Å². The lowest BCUT2D eigenvalue weighted by molar-refractivity contribution is 0.683. The average molecular weight is 423 g/mol. The van der Waals surface area contributed by atoms with E-state index in [0.29, 0.717) is 10.0 Å². The zero-order valence-electron chi connectivity index (χ0n) is 15.4. The molecule has 0 unspecified atom stereocenters. The van der Waals surface area contributed by atoms with Crippen LogP contribution in [0.1, 0.15) is 31.4 Å². The van der Waals surface area contributed by atoms with Gasteiger partial charge in [0.05, 0.1) is 21.9 Å². The molecule has 3 rings (SSSR count). The van der Waals surface area contributed by atoms with Crippen LogP contribution in [-0.2, 0) is 0 Å². The van der Waals surface area contributed by atoms with Gasteiger partial charge in [-0.2, -0.15) is 0 Å². The van der Waals surface area contributed by atoms with Crippen molar-refractivity contribution in [3.63, 3.8) is 0 Å². The van der Waals surface area contributed by atoms with Crippen LogP contribution in [0.5, 0.6) is 0 Å². The van der Waals surface area contributed by atoms with E-state index in [1.54, 1.807) is 6.07 Å². The predicted octanol–water partition coefficient (Wildman–Crippen LogP) is 5.51. The topological polar surface area (TPSA) is 55.0 Å². The Balaban J connectivity index is 1.66. The van der Waals surface area contributed by atoms with E-state index in [-0.39, 0.29) is 0 Å². The first-order chi connectivity index (χ1) is 13.1. The summed E-state index contributed by atoms with van der Waals surface area (Å²) in [7, 11) is 0. The second-order valence-corrected chi connectivity index (χ2v) is 8.39. The maximum absolute atomic E-state index is 6.28. The molecule has 0 fully saturated rings. The molecule has 0 saturated carbocycles. The van der Waals surface area contributed by atoms with E-state index in [9.17, 15) is 0 Å². The first-order valence-corrected chi connectivity index (χ1v) is 10.7. The molecule has 7 heteroatoms. The van der Waals surface area contributed by atoms with Crippen LogP contribution in [0.2, 0.25) is 10.0 Å². The highest BCUT2D eigenvalue weighted by Crippen LogP contribution is 2.37. The largest absolute Gasteiger partial charge is 0.351 e. The SMILES string of the molecule is Cc1nc(N2CC=C(CCCCN)CC2)cnc1Sc1cccc(Cl)c1Cl. The highest BCUT2D eigenvalue weighted by molar-refractivity contribution is 7.99. The summed E-state index contributed by atoms with van der Waals surface area (Å²) in [6, 6.07) is 5.61. The second-order valence-electron chi connectivity index (χ2n) is 6.58. The van der Waals surface area contributed by atoms with Crippen molar-refractivity contribution in [2.24, 2.45) is 5.73 Å². The third-order valence-corrected chi connectivity index (χ3v) is 6.68. The van der Waals surface area contributed by atoms with Gasteiger partial charge in [-0.1, -0.05) is 52.7 Å². The van der Waals surface area contributed by atoms with Gasteiger partial charge in [0.1, 0.15) is 10.8 Å². The zero-order valence-corrected chi connectivity index (χ0v) is 17.7. The van der Waals surface area contributed by atoms with Gasteiger partial charge in [0, 0.05) is 18.0 Å². The Morgan fingerprint density at radius 2 is 2.11 bits per heavy atom. The minimum Gasteiger partial charge on any atom is -0.351 e. The van der Waals surface area contributed by atoms with Crippen molar-refractivity contribution in [1.82, 2.24) is 9.97 Å². The summed E-state index contributed by atoms with van der Waals surface area (Å²) in [6.45, 7) is 4.63. The maximum atomic E-state index is 6.28. The molecule has 0 amide bonds. The lowest BCUT2D eigenvalue weighted by Crippen LogP contribution is -2.29. The van der Waals surface area contributed by atoms with E-state index >= 15 is 0 Å². The van der Waals surface area contributed by atoms with Crippen molar-refractivity contribution in [2.45, 2.75) is 42.5 Å². The van der Waals surface area contributed by atoms with E-state index in [4.69, 9.17) is 33.9 Å². The monoisotopic (exact) mass is 422 g/mol. The van der Waals surface area contributed by atoms with Gasteiger partial charge in [-0.25, -0.2) is 9.97 Å². The van der Waals surface area contributed by atoms with Crippen molar-refractivity contribution >= 4 is 40.8 Å². The Kier molecular flexibility index (Phi) is 7.41. The van der Waals surface area contributed by atoms with Crippen LogP contribution in [0.15, 0.2) is 46.0 Å². The fraction of sp³-hybridized carbons (Fsp3) is 0.400. The van der Waals surface area contributed by atoms with Crippen LogP contribution in [0.3, 0.4) is 0 Å². The Labute approximate surface area is 175 Å². The Morgan fingerprint density at radius 1 is 1.26 bits per heavy atom. The standard InChI is InChI=1S/C20H24Cl2N4S/c1-14-20(27-17-7-4-6-16(21)19(17)22)24-13-18(25-14)26-11-8-15(9-12-26)5-2-3-10-23/h4,6-8,13H,2-3,5,9-12,23H2,1H3. The van der Waals surface area contributed by atoms with Gasteiger partial charge >= 0.3 is 0 Å². The van der Waals surface area contributed by atoms with Crippen molar-refractivity contribution in [1.29, 1.82) is 0 Å². The van der Waals surface area contributed by atoms with Gasteiger partial charge in [0.2, 0.25) is 0 Å². The number of hydrogen-bond acceptors (Lipinski definition) is 5. The maximum Gasteiger partial charge on any atom is 0.147 e. The molecule has 144 valence electrons. The molecule has 2 heterocycles. The summed E-state index contributed by atoms with van der Waals surface area (Å²) < 4.78 is 0. The van der Waals surface area contributed by atoms with E-state index < -0.39 is 0 Å². The molecule has 2 N–H and O–H groups in total. The van der Waals surface area contributed by atoms with Crippen molar-refractivity contribution < 1.29 is 0 Å². The zero-order chi connectivity index (χ0) is 19.2. The fourth-order valence-corrected chi connectivity index (χ4v) is 4.35. The molecule has 4 nitrogen and oxygen atoms in total. The molecule has 1 aromatic carbocycles. The molecule has 2 aromatic rings. The van der Waals surface area contributed by atoms with Gasteiger partial charge in [0.15, 0.2) is 0 Å². The van der Waals surface area contributed by atoms with Crippen LogP contribution < -0.4 is 10.6 Å². The molecule has 1 aromatic heterocycles. The molecule has 0 spiro atoms. The van der Waals surface area contributed by atoms with Crippen molar-refractivity contribution in [3.8, 4) is 0 Å².